The zero-order valence-electron chi connectivity index (χ0n) is 14.3. The fourth-order valence-electron chi connectivity index (χ4n) is 2.92. The number of rotatable bonds is 16. The van der Waals surface area contributed by atoms with Gasteiger partial charge in [-0.1, -0.05) is 97.3 Å². The Balaban J connectivity index is 3.02. The maximum absolute atomic E-state index is 8.79. The van der Waals surface area contributed by atoms with Gasteiger partial charge in [0, 0.05) is 6.61 Å². The molecule has 0 bridgehead atoms. The molecule has 0 radical (unpaired) electrons. The van der Waals surface area contributed by atoms with Crippen molar-refractivity contribution in [1.29, 1.82) is 0 Å². The third-order valence-electron chi connectivity index (χ3n) is 4.41. The van der Waals surface area contributed by atoms with Crippen LogP contribution in [0.2, 0.25) is 0 Å². The molecular formula is C19H40O. The quantitative estimate of drug-likeness (QED) is 0.321. The second-order valence-electron chi connectivity index (χ2n) is 6.65. The van der Waals surface area contributed by atoms with Crippen LogP contribution in [-0.4, -0.2) is 11.7 Å². The smallest absolute Gasteiger partial charge is 0.0431 e. The summed E-state index contributed by atoms with van der Waals surface area (Å²) in [6, 6.07) is 0. The van der Waals surface area contributed by atoms with Gasteiger partial charge in [-0.3, -0.25) is 0 Å². The SMILES string of the molecule is CCCCCCCCCCCCCC[C@H](C)CCCO. The predicted molar refractivity (Wildman–Crippen MR) is 91.2 cm³/mol. The highest BCUT2D eigenvalue weighted by molar-refractivity contribution is 4.54. The molecule has 0 rings (SSSR count). The molecule has 1 N–H and O–H groups in total. The fraction of sp³-hybridized carbons (Fsp3) is 1.00. The highest BCUT2D eigenvalue weighted by Gasteiger charge is 2.01. The van der Waals surface area contributed by atoms with Gasteiger partial charge >= 0.3 is 0 Å². The van der Waals surface area contributed by atoms with E-state index < -0.39 is 0 Å². The van der Waals surface area contributed by atoms with Crippen LogP contribution in [0.1, 0.15) is 110 Å². The minimum absolute atomic E-state index is 0.364. The molecule has 0 saturated heterocycles. The van der Waals surface area contributed by atoms with Crippen molar-refractivity contribution in [2.24, 2.45) is 5.92 Å². The van der Waals surface area contributed by atoms with Gasteiger partial charge in [0.05, 0.1) is 0 Å². The van der Waals surface area contributed by atoms with E-state index >= 15 is 0 Å². The molecule has 0 saturated carbocycles. The number of aliphatic hydroxyl groups excluding tert-OH is 1. The molecule has 1 atom stereocenters. The zero-order chi connectivity index (χ0) is 14.9. The first-order valence-electron chi connectivity index (χ1n) is 9.42. The molecule has 1 nitrogen and oxygen atoms in total. The lowest BCUT2D eigenvalue weighted by Crippen LogP contribution is -1.96. The van der Waals surface area contributed by atoms with Crippen LogP contribution in [0.3, 0.4) is 0 Å². The minimum Gasteiger partial charge on any atom is -0.396 e. The summed E-state index contributed by atoms with van der Waals surface area (Å²) >= 11 is 0. The molecule has 0 heterocycles. The lowest BCUT2D eigenvalue weighted by Gasteiger charge is -2.09. The normalized spacial score (nSPS) is 12.8. The predicted octanol–water partition coefficient (Wildman–Crippen LogP) is 6.49. The molecule has 20 heavy (non-hydrogen) atoms. The number of hydrogen-bond donors (Lipinski definition) is 1. The first kappa shape index (κ1) is 20.0. The Bertz CT molecular complexity index is 167. The Labute approximate surface area is 128 Å². The average Bonchev–Trinajstić information content (AvgIpc) is 2.46. The van der Waals surface area contributed by atoms with Crippen molar-refractivity contribution in [3.05, 3.63) is 0 Å². The summed E-state index contributed by atoms with van der Waals surface area (Å²) in [5.74, 6) is 0.810. The van der Waals surface area contributed by atoms with Crippen LogP contribution in [0, 0.1) is 5.92 Å². The van der Waals surface area contributed by atoms with Crippen molar-refractivity contribution in [2.75, 3.05) is 6.61 Å². The van der Waals surface area contributed by atoms with Crippen LogP contribution in [0.15, 0.2) is 0 Å². The van der Waals surface area contributed by atoms with E-state index in [0.29, 0.717) is 6.61 Å². The monoisotopic (exact) mass is 284 g/mol. The van der Waals surface area contributed by atoms with Crippen LogP contribution >= 0.6 is 0 Å². The lowest BCUT2D eigenvalue weighted by molar-refractivity contribution is 0.270. The lowest BCUT2D eigenvalue weighted by atomic mass is 9.97. The van der Waals surface area contributed by atoms with Gasteiger partial charge in [0.25, 0.3) is 0 Å². The Morgan fingerprint density at radius 2 is 1.00 bits per heavy atom. The van der Waals surface area contributed by atoms with Crippen molar-refractivity contribution in [2.45, 2.75) is 110 Å². The molecule has 0 aromatic carbocycles. The Hall–Kier alpha value is -0.0400. The standard InChI is InChI=1S/C19H40O/c1-3-4-5-6-7-8-9-10-11-12-13-14-16-19(2)17-15-18-20/h19-20H,3-18H2,1-2H3/t19-/m0/s1. The molecule has 0 aliphatic rings. The van der Waals surface area contributed by atoms with Gasteiger partial charge in [-0.05, 0) is 18.8 Å². The van der Waals surface area contributed by atoms with Crippen molar-refractivity contribution in [3.63, 3.8) is 0 Å². The molecule has 122 valence electrons. The molecule has 0 aliphatic carbocycles. The maximum atomic E-state index is 8.79. The number of unbranched alkanes of at least 4 members (excludes halogenated alkanes) is 11. The van der Waals surface area contributed by atoms with Gasteiger partial charge in [-0.15, -0.1) is 0 Å². The van der Waals surface area contributed by atoms with E-state index in [1.165, 1.54) is 89.9 Å². The molecule has 0 aliphatic heterocycles. The molecule has 0 fully saturated rings. The van der Waals surface area contributed by atoms with E-state index in [1.807, 2.05) is 0 Å². The zero-order valence-corrected chi connectivity index (χ0v) is 14.3. The van der Waals surface area contributed by atoms with Gasteiger partial charge in [-0.25, -0.2) is 0 Å². The van der Waals surface area contributed by atoms with E-state index in [2.05, 4.69) is 13.8 Å². The molecular weight excluding hydrogens is 244 g/mol. The highest BCUT2D eigenvalue weighted by Crippen LogP contribution is 2.16. The summed E-state index contributed by atoms with van der Waals surface area (Å²) < 4.78 is 0. The molecule has 0 aromatic heterocycles. The van der Waals surface area contributed by atoms with Crippen LogP contribution in [-0.2, 0) is 0 Å². The molecule has 0 unspecified atom stereocenters. The summed E-state index contributed by atoms with van der Waals surface area (Å²) in [5, 5.41) is 8.79. The van der Waals surface area contributed by atoms with E-state index in [4.69, 9.17) is 5.11 Å². The Morgan fingerprint density at radius 1 is 0.600 bits per heavy atom. The third kappa shape index (κ3) is 16.0. The maximum Gasteiger partial charge on any atom is 0.0431 e. The van der Waals surface area contributed by atoms with E-state index in [-0.39, 0.29) is 0 Å². The molecule has 1 heteroatoms. The summed E-state index contributed by atoms with van der Waals surface area (Å²) in [4.78, 5) is 0. The van der Waals surface area contributed by atoms with Gasteiger partial charge in [0.1, 0.15) is 0 Å². The topological polar surface area (TPSA) is 20.2 Å². The fourth-order valence-corrected chi connectivity index (χ4v) is 2.92. The summed E-state index contributed by atoms with van der Waals surface area (Å²) in [7, 11) is 0. The summed E-state index contributed by atoms with van der Waals surface area (Å²) in [6.07, 6.45) is 20.8. The van der Waals surface area contributed by atoms with Crippen molar-refractivity contribution >= 4 is 0 Å². The number of aliphatic hydroxyl groups is 1. The Morgan fingerprint density at radius 3 is 1.45 bits per heavy atom. The summed E-state index contributed by atoms with van der Waals surface area (Å²) in [5.41, 5.74) is 0. The van der Waals surface area contributed by atoms with Crippen LogP contribution < -0.4 is 0 Å². The van der Waals surface area contributed by atoms with E-state index in [9.17, 15) is 0 Å². The van der Waals surface area contributed by atoms with Gasteiger partial charge in [0.15, 0.2) is 0 Å². The van der Waals surface area contributed by atoms with Crippen LogP contribution in [0.4, 0.5) is 0 Å². The van der Waals surface area contributed by atoms with E-state index in [1.54, 1.807) is 0 Å². The highest BCUT2D eigenvalue weighted by atomic mass is 16.2. The molecule has 0 amide bonds. The van der Waals surface area contributed by atoms with Crippen molar-refractivity contribution < 1.29 is 5.11 Å². The van der Waals surface area contributed by atoms with Gasteiger partial charge in [0.2, 0.25) is 0 Å². The van der Waals surface area contributed by atoms with E-state index in [0.717, 1.165) is 12.3 Å². The van der Waals surface area contributed by atoms with Crippen molar-refractivity contribution in [1.82, 2.24) is 0 Å². The Kier molecular flexibility index (Phi) is 17.0. The first-order chi connectivity index (χ1) is 9.81. The average molecular weight is 285 g/mol. The van der Waals surface area contributed by atoms with Crippen LogP contribution in [0.25, 0.3) is 0 Å². The second kappa shape index (κ2) is 17.0. The summed E-state index contributed by atoms with van der Waals surface area (Å²) in [6.45, 7) is 4.98. The largest absolute Gasteiger partial charge is 0.396 e. The third-order valence-corrected chi connectivity index (χ3v) is 4.41. The molecule has 0 aromatic rings. The second-order valence-corrected chi connectivity index (χ2v) is 6.65. The van der Waals surface area contributed by atoms with Crippen LogP contribution in [0.5, 0.6) is 0 Å². The number of hydrogen-bond acceptors (Lipinski definition) is 1. The first-order valence-corrected chi connectivity index (χ1v) is 9.42. The molecule has 0 spiro atoms. The van der Waals surface area contributed by atoms with Gasteiger partial charge < -0.3 is 5.11 Å². The minimum atomic E-state index is 0.364. The van der Waals surface area contributed by atoms with Crippen molar-refractivity contribution in [3.8, 4) is 0 Å². The van der Waals surface area contributed by atoms with Gasteiger partial charge in [-0.2, -0.15) is 0 Å².